The predicted molar refractivity (Wildman–Crippen MR) is 60.0 cm³/mol. The molecule has 2 heteroatoms. The van der Waals surface area contributed by atoms with Crippen molar-refractivity contribution in [3.8, 4) is 5.75 Å². The van der Waals surface area contributed by atoms with Crippen LogP contribution in [0.25, 0.3) is 6.08 Å². The Bertz CT molecular complexity index is 405. The fourth-order valence-corrected chi connectivity index (χ4v) is 2.02. The Morgan fingerprint density at radius 2 is 2.27 bits per heavy atom. The lowest BCUT2D eigenvalue weighted by atomic mass is 9.90. The maximum atomic E-state index is 10.4. The Morgan fingerprint density at radius 1 is 1.40 bits per heavy atom. The van der Waals surface area contributed by atoms with Gasteiger partial charge in [0.2, 0.25) is 0 Å². The van der Waals surface area contributed by atoms with Gasteiger partial charge in [-0.15, -0.1) is 0 Å². The zero-order valence-corrected chi connectivity index (χ0v) is 8.82. The van der Waals surface area contributed by atoms with Crippen LogP contribution in [-0.4, -0.2) is 13.4 Å². The molecule has 1 aromatic carbocycles. The van der Waals surface area contributed by atoms with Gasteiger partial charge in [-0.25, -0.2) is 0 Å². The van der Waals surface area contributed by atoms with Gasteiger partial charge < -0.3 is 9.53 Å². The summed E-state index contributed by atoms with van der Waals surface area (Å²) in [5.41, 5.74) is 3.66. The molecule has 0 aromatic heterocycles. The third-order valence-electron chi connectivity index (χ3n) is 2.79. The lowest BCUT2D eigenvalue weighted by Gasteiger charge is -2.17. The fraction of sp³-hybridized carbons (Fsp3) is 0.308. The Hall–Kier alpha value is -1.57. The predicted octanol–water partition coefficient (Wildman–Crippen LogP) is 2.61. The van der Waals surface area contributed by atoms with E-state index in [4.69, 9.17) is 4.74 Å². The summed E-state index contributed by atoms with van der Waals surface area (Å²) < 4.78 is 5.31. The average Bonchev–Trinajstić information content (AvgIpc) is 2.28. The largest absolute Gasteiger partial charge is 0.496 e. The first-order valence-electron chi connectivity index (χ1n) is 5.14. The van der Waals surface area contributed by atoms with Crippen molar-refractivity contribution in [2.24, 2.45) is 0 Å². The van der Waals surface area contributed by atoms with Gasteiger partial charge in [0.05, 0.1) is 7.11 Å². The molecule has 0 aliphatic heterocycles. The second kappa shape index (κ2) is 4.30. The molecule has 0 heterocycles. The van der Waals surface area contributed by atoms with Gasteiger partial charge >= 0.3 is 0 Å². The van der Waals surface area contributed by atoms with E-state index in [2.05, 4.69) is 12.1 Å². The molecule has 0 amide bonds. The molecular weight excluding hydrogens is 188 g/mol. The zero-order valence-electron chi connectivity index (χ0n) is 8.82. The molecule has 2 nitrogen and oxygen atoms in total. The van der Waals surface area contributed by atoms with Crippen LogP contribution in [-0.2, 0) is 11.2 Å². The van der Waals surface area contributed by atoms with Gasteiger partial charge in [0.1, 0.15) is 12.0 Å². The Labute approximate surface area is 89.6 Å². The van der Waals surface area contributed by atoms with E-state index in [1.165, 1.54) is 16.7 Å². The third-order valence-corrected chi connectivity index (χ3v) is 2.79. The quantitative estimate of drug-likeness (QED) is 0.704. The van der Waals surface area contributed by atoms with Crippen molar-refractivity contribution in [3.63, 3.8) is 0 Å². The average molecular weight is 202 g/mol. The maximum absolute atomic E-state index is 10.4. The van der Waals surface area contributed by atoms with E-state index < -0.39 is 0 Å². The fourth-order valence-electron chi connectivity index (χ4n) is 2.02. The van der Waals surface area contributed by atoms with Crippen LogP contribution in [0.4, 0.5) is 0 Å². The van der Waals surface area contributed by atoms with E-state index in [0.29, 0.717) is 6.42 Å². The third kappa shape index (κ3) is 1.94. The Kier molecular flexibility index (Phi) is 2.86. The first-order valence-corrected chi connectivity index (χ1v) is 5.14. The van der Waals surface area contributed by atoms with E-state index in [-0.39, 0.29) is 0 Å². The number of ether oxygens (including phenoxy) is 1. The monoisotopic (exact) mass is 202 g/mol. The summed E-state index contributed by atoms with van der Waals surface area (Å²) in [7, 11) is 1.69. The summed E-state index contributed by atoms with van der Waals surface area (Å²) in [6.45, 7) is 0. The maximum Gasteiger partial charge on any atom is 0.124 e. The minimum Gasteiger partial charge on any atom is -0.496 e. The van der Waals surface area contributed by atoms with Crippen LogP contribution in [0.1, 0.15) is 24.0 Å². The van der Waals surface area contributed by atoms with Gasteiger partial charge in [-0.3, -0.25) is 0 Å². The number of hydrogen-bond donors (Lipinski definition) is 0. The molecule has 0 saturated heterocycles. The van der Waals surface area contributed by atoms with E-state index >= 15 is 0 Å². The highest BCUT2D eigenvalue weighted by Crippen LogP contribution is 2.31. The Morgan fingerprint density at radius 3 is 3.00 bits per heavy atom. The molecule has 0 saturated carbocycles. The second-order valence-corrected chi connectivity index (χ2v) is 3.70. The number of rotatable bonds is 3. The highest BCUT2D eigenvalue weighted by molar-refractivity contribution is 5.67. The second-order valence-electron chi connectivity index (χ2n) is 3.70. The van der Waals surface area contributed by atoms with Gasteiger partial charge in [-0.2, -0.15) is 0 Å². The molecule has 0 N–H and O–H groups in total. The lowest BCUT2D eigenvalue weighted by molar-refractivity contribution is -0.107. The number of hydrogen-bond acceptors (Lipinski definition) is 2. The van der Waals surface area contributed by atoms with Crippen molar-refractivity contribution in [3.05, 3.63) is 34.9 Å². The summed E-state index contributed by atoms with van der Waals surface area (Å²) in [4.78, 5) is 10.4. The van der Waals surface area contributed by atoms with Crippen molar-refractivity contribution < 1.29 is 9.53 Å². The normalized spacial score (nSPS) is 14.1. The topological polar surface area (TPSA) is 26.3 Å². The summed E-state index contributed by atoms with van der Waals surface area (Å²) >= 11 is 0. The molecule has 2 rings (SSSR count). The van der Waals surface area contributed by atoms with Crippen molar-refractivity contribution in [2.75, 3.05) is 7.11 Å². The SMILES string of the molecule is COc1cccc2c1CCC(CC=O)=C2. The molecule has 0 radical (unpaired) electrons. The molecule has 15 heavy (non-hydrogen) atoms. The van der Waals surface area contributed by atoms with Crippen molar-refractivity contribution in [1.82, 2.24) is 0 Å². The summed E-state index contributed by atoms with van der Waals surface area (Å²) in [6, 6.07) is 6.04. The van der Waals surface area contributed by atoms with E-state index in [9.17, 15) is 4.79 Å². The number of allylic oxidation sites excluding steroid dienone is 1. The number of benzene rings is 1. The van der Waals surface area contributed by atoms with Crippen LogP contribution < -0.4 is 4.74 Å². The lowest BCUT2D eigenvalue weighted by Crippen LogP contribution is -2.02. The Balaban J connectivity index is 2.38. The molecule has 0 unspecified atom stereocenters. The van der Waals surface area contributed by atoms with Crippen molar-refractivity contribution in [2.45, 2.75) is 19.3 Å². The number of aldehydes is 1. The minimum absolute atomic E-state index is 0.552. The zero-order chi connectivity index (χ0) is 10.7. The molecule has 0 spiro atoms. The molecule has 0 atom stereocenters. The first-order chi connectivity index (χ1) is 7.35. The summed E-state index contributed by atoms with van der Waals surface area (Å²) in [5, 5.41) is 0. The smallest absolute Gasteiger partial charge is 0.124 e. The first kappa shape index (κ1) is 9.97. The number of carbonyl (C=O) groups excluding carboxylic acids is 1. The molecular formula is C13H14O2. The van der Waals surface area contributed by atoms with E-state index in [1.807, 2.05) is 12.1 Å². The highest BCUT2D eigenvalue weighted by atomic mass is 16.5. The van der Waals surface area contributed by atoms with Gasteiger partial charge in [-0.05, 0) is 24.5 Å². The van der Waals surface area contributed by atoms with Crippen LogP contribution >= 0.6 is 0 Å². The van der Waals surface area contributed by atoms with Crippen LogP contribution in [0.3, 0.4) is 0 Å². The molecule has 78 valence electrons. The van der Waals surface area contributed by atoms with Gasteiger partial charge in [0, 0.05) is 12.0 Å². The molecule has 1 aromatic rings. The number of fused-ring (bicyclic) bond motifs is 1. The highest BCUT2D eigenvalue weighted by Gasteiger charge is 2.13. The van der Waals surface area contributed by atoms with Gasteiger partial charge in [0.15, 0.2) is 0 Å². The summed E-state index contributed by atoms with van der Waals surface area (Å²) in [5.74, 6) is 0.953. The van der Waals surface area contributed by atoms with Crippen LogP contribution in [0.5, 0.6) is 5.75 Å². The van der Waals surface area contributed by atoms with E-state index in [0.717, 1.165) is 24.9 Å². The molecule has 0 fully saturated rings. The van der Waals surface area contributed by atoms with E-state index in [1.54, 1.807) is 7.11 Å². The van der Waals surface area contributed by atoms with Crippen LogP contribution in [0, 0.1) is 0 Å². The van der Waals surface area contributed by atoms with Crippen molar-refractivity contribution >= 4 is 12.4 Å². The molecule has 1 aliphatic carbocycles. The standard InChI is InChI=1S/C13H14O2/c1-15-13-4-2-3-11-9-10(7-8-14)5-6-12(11)13/h2-4,8-9H,5-7H2,1H3. The van der Waals surface area contributed by atoms with Crippen LogP contribution in [0.15, 0.2) is 23.8 Å². The van der Waals surface area contributed by atoms with Crippen molar-refractivity contribution in [1.29, 1.82) is 0 Å². The minimum atomic E-state index is 0.552. The summed E-state index contributed by atoms with van der Waals surface area (Å²) in [6.07, 6.45) is 5.56. The molecule has 1 aliphatic rings. The number of methoxy groups -OCH3 is 1. The molecule has 0 bridgehead atoms. The number of carbonyl (C=O) groups is 1. The van der Waals surface area contributed by atoms with Gasteiger partial charge in [0.25, 0.3) is 0 Å². The van der Waals surface area contributed by atoms with Crippen LogP contribution in [0.2, 0.25) is 0 Å². The van der Waals surface area contributed by atoms with Gasteiger partial charge in [-0.1, -0.05) is 23.8 Å².